The largest absolute Gasteiger partial charge is 0.507 e. The first-order chi connectivity index (χ1) is 27.8. The number of allylic oxidation sites excluding steroid dienone is 2. The molecule has 3 aliphatic heterocycles. The quantitative estimate of drug-likeness (QED) is 0.0501. The van der Waals surface area contributed by atoms with Gasteiger partial charge in [-0.25, -0.2) is 0 Å². The molecule has 0 saturated heterocycles. The van der Waals surface area contributed by atoms with Gasteiger partial charge < -0.3 is 49.8 Å². The molecule has 6 rings (SSSR count). The highest BCUT2D eigenvalue weighted by Crippen LogP contribution is 2.55. The number of amides is 1. The third-order valence-electron chi connectivity index (χ3n) is 11.2. The topological polar surface area (TPSA) is 226 Å². The van der Waals surface area contributed by atoms with Crippen LogP contribution in [0, 0.1) is 30.6 Å². The Labute approximate surface area is 342 Å². The molecule has 9 unspecified atom stereocenters. The van der Waals surface area contributed by atoms with Crippen molar-refractivity contribution < 1.29 is 58.9 Å². The van der Waals surface area contributed by atoms with Crippen molar-refractivity contribution >= 4 is 46.0 Å². The summed E-state index contributed by atoms with van der Waals surface area (Å²) in [5.74, 6) is -8.60. The second-order valence-corrected chi connectivity index (χ2v) is 15.4. The number of rotatable bonds is 5. The summed E-state index contributed by atoms with van der Waals surface area (Å²) in [6.07, 6.45) is 4.61. The molecule has 0 saturated carbocycles. The Hall–Kier alpha value is -5.90. The average molecular weight is 816 g/mol. The van der Waals surface area contributed by atoms with Crippen LogP contribution < -0.4 is 15.5 Å². The first-order valence-electron chi connectivity index (χ1n) is 19.3. The zero-order valence-corrected chi connectivity index (χ0v) is 34.5. The summed E-state index contributed by atoms with van der Waals surface area (Å²) in [5.41, 5.74) is 2.84. The fourth-order valence-corrected chi connectivity index (χ4v) is 7.56. The number of aromatic hydroxyl groups is 3. The zero-order valence-electron chi connectivity index (χ0n) is 34.5. The van der Waals surface area contributed by atoms with Crippen LogP contribution in [0.4, 0.5) is 11.4 Å². The maximum absolute atomic E-state index is 14.4. The number of benzene rings is 3. The minimum absolute atomic E-state index is 0.0359. The van der Waals surface area contributed by atoms with E-state index in [1.165, 1.54) is 53.2 Å². The molecule has 9 atom stereocenters. The van der Waals surface area contributed by atoms with E-state index in [9.17, 15) is 39.9 Å². The highest BCUT2D eigenvalue weighted by Gasteiger charge is 2.50. The maximum atomic E-state index is 14.4. The van der Waals surface area contributed by atoms with E-state index in [0.717, 1.165) is 6.21 Å². The number of nitrogens with zero attached hydrogens (tertiary/aromatic N) is 1. The number of fused-ring (bicyclic) bond motifs is 14. The summed E-state index contributed by atoms with van der Waals surface area (Å²) in [6, 6.07) is 8.84. The number of hydrogen-bond donors (Lipinski definition) is 7. The number of hydrazone groups is 1. The number of ketones is 1. The van der Waals surface area contributed by atoms with Crippen molar-refractivity contribution in [1.82, 2.24) is 0 Å². The lowest BCUT2D eigenvalue weighted by molar-refractivity contribution is -0.160. The molecular formula is C44H53N3O12. The van der Waals surface area contributed by atoms with Crippen LogP contribution in [0.3, 0.4) is 0 Å². The van der Waals surface area contributed by atoms with Crippen LogP contribution in [0.2, 0.25) is 0 Å². The lowest BCUT2D eigenvalue weighted by Crippen LogP contribution is -2.46. The van der Waals surface area contributed by atoms with Crippen LogP contribution >= 0.6 is 0 Å². The monoisotopic (exact) mass is 815 g/mol. The highest BCUT2D eigenvalue weighted by atomic mass is 16.7. The van der Waals surface area contributed by atoms with Gasteiger partial charge in [0.15, 0.2) is 5.75 Å². The number of para-hydroxylation sites is 1. The Morgan fingerprint density at radius 2 is 1.61 bits per heavy atom. The maximum Gasteiger partial charge on any atom is 0.312 e. The molecule has 3 heterocycles. The molecule has 59 heavy (non-hydrogen) atoms. The van der Waals surface area contributed by atoms with Crippen LogP contribution in [0.5, 0.6) is 23.0 Å². The normalized spacial score (nSPS) is 30.0. The number of phenols is 3. The van der Waals surface area contributed by atoms with Gasteiger partial charge >= 0.3 is 11.8 Å². The molecule has 0 aromatic heterocycles. The number of carbonyl (C=O) groups is 3. The Morgan fingerprint density at radius 3 is 2.25 bits per heavy atom. The number of aliphatic hydroxyl groups is 2. The Balaban J connectivity index is 1.71. The van der Waals surface area contributed by atoms with Crippen LogP contribution in [0.15, 0.2) is 71.6 Å². The van der Waals surface area contributed by atoms with Gasteiger partial charge in [0.05, 0.1) is 58.7 Å². The van der Waals surface area contributed by atoms with Crippen molar-refractivity contribution in [3.63, 3.8) is 0 Å². The first-order valence-corrected chi connectivity index (χ1v) is 19.3. The lowest BCUT2D eigenvalue weighted by Gasteiger charge is -2.38. The van der Waals surface area contributed by atoms with Gasteiger partial charge in [-0.3, -0.25) is 19.8 Å². The number of anilines is 2. The number of carbonyl (C=O) groups excluding carboxylic acids is 3. The summed E-state index contributed by atoms with van der Waals surface area (Å²) in [7, 11) is 1.43. The molecule has 0 spiro atoms. The van der Waals surface area contributed by atoms with E-state index in [-0.39, 0.29) is 44.5 Å². The molecular weight excluding hydrogens is 762 g/mol. The lowest BCUT2D eigenvalue weighted by atomic mass is 9.78. The van der Waals surface area contributed by atoms with E-state index in [0.29, 0.717) is 5.69 Å². The number of Topliss-reactive ketones (excluding diaryl/α,β-unsaturated/α-hetero) is 1. The molecule has 15 nitrogen and oxygen atoms in total. The predicted octanol–water partition coefficient (Wildman–Crippen LogP) is 6.20. The minimum atomic E-state index is -2.06. The van der Waals surface area contributed by atoms with Crippen LogP contribution in [-0.2, 0) is 23.8 Å². The molecule has 1 amide bonds. The molecule has 316 valence electrons. The molecule has 7 N–H and O–H groups in total. The molecule has 0 aliphatic carbocycles. The van der Waals surface area contributed by atoms with Crippen LogP contribution in [-0.4, -0.2) is 86.7 Å². The average Bonchev–Trinajstić information content (AvgIpc) is 3.47. The molecule has 5 bridgehead atoms. The van der Waals surface area contributed by atoms with E-state index in [4.69, 9.17) is 18.9 Å². The highest BCUT2D eigenvalue weighted by molar-refractivity contribution is 6.23. The molecule has 15 heteroatoms. The molecule has 3 aromatic rings. The number of hydrogen-bond acceptors (Lipinski definition) is 14. The second-order valence-electron chi connectivity index (χ2n) is 15.4. The van der Waals surface area contributed by atoms with Crippen molar-refractivity contribution in [1.29, 1.82) is 0 Å². The Bertz CT molecular complexity index is 2220. The molecule has 0 radical (unpaired) electrons. The summed E-state index contributed by atoms with van der Waals surface area (Å²) < 4.78 is 23.5. The molecule has 3 aliphatic rings. The second kappa shape index (κ2) is 17.9. The first kappa shape index (κ1) is 44.2. The van der Waals surface area contributed by atoms with Gasteiger partial charge in [-0.05, 0) is 32.1 Å². The third-order valence-corrected chi connectivity index (χ3v) is 11.2. The molecule has 3 aromatic carbocycles. The summed E-state index contributed by atoms with van der Waals surface area (Å²) in [4.78, 5) is 40.4. The van der Waals surface area contributed by atoms with Gasteiger partial charge in [0.1, 0.15) is 23.4 Å². The van der Waals surface area contributed by atoms with E-state index < -0.39 is 88.8 Å². The fraction of sp³-hybridized carbons (Fsp3) is 0.409. The number of methoxy groups -OCH3 is 1. The number of nitrogens with one attached hydrogen (secondary N) is 2. The van der Waals surface area contributed by atoms with Crippen molar-refractivity contribution in [2.75, 3.05) is 17.9 Å². The van der Waals surface area contributed by atoms with Crippen LogP contribution in [0.25, 0.3) is 10.8 Å². The zero-order chi connectivity index (χ0) is 43.5. The predicted molar refractivity (Wildman–Crippen MR) is 221 cm³/mol. The number of aliphatic hydroxyl groups excluding tert-OH is 2. The van der Waals surface area contributed by atoms with Crippen molar-refractivity contribution in [3.05, 3.63) is 83.2 Å². The van der Waals surface area contributed by atoms with E-state index in [1.807, 2.05) is 6.07 Å². The van der Waals surface area contributed by atoms with Crippen molar-refractivity contribution in [3.8, 4) is 23.0 Å². The Kier molecular flexibility index (Phi) is 13.4. The SMILES string of the molecule is COC1/C=C/OC2(C)Oc3c(C)c(O)c4c(O)c(c(/C=N/Nc5ccccc5)c(O)c4c3C2=O)NC(=O)/C(C)=C\C=C\C(C)C(O)C(C)C(O)C(C)C(OC(C)=O)C1C. The number of phenolic OH excluding ortho intramolecular Hbond substituents is 3. The van der Waals surface area contributed by atoms with E-state index in [2.05, 4.69) is 15.8 Å². The molecule has 0 fully saturated rings. The van der Waals surface area contributed by atoms with E-state index in [1.54, 1.807) is 64.1 Å². The smallest absolute Gasteiger partial charge is 0.312 e. The number of esters is 1. The third kappa shape index (κ3) is 8.77. The Morgan fingerprint density at radius 1 is 0.932 bits per heavy atom. The number of ether oxygens (including phenoxy) is 4. The minimum Gasteiger partial charge on any atom is -0.507 e. The van der Waals surface area contributed by atoms with Crippen molar-refractivity contribution in [2.24, 2.45) is 28.8 Å². The van der Waals surface area contributed by atoms with Gasteiger partial charge in [-0.1, -0.05) is 64.1 Å². The van der Waals surface area contributed by atoms with Gasteiger partial charge in [0.2, 0.25) is 0 Å². The van der Waals surface area contributed by atoms with E-state index >= 15 is 0 Å². The van der Waals surface area contributed by atoms with Gasteiger partial charge in [-0.15, -0.1) is 0 Å². The standard InChI is InChI=1S/C44H53N3O12/c1-21-14-13-15-22(2)43(55)46-34-29(20-45-47-28-16-11-10-12-17-28)38(52)31-32(39(34)53)37(51)26(6)41-33(31)42(54)44(8,59-41)57-19-18-30(56-9)23(3)40(58-27(7)48)25(5)36(50)24(4)35(21)49/h10-21,23-25,30,35-36,40,47,49-53H,1-9H3,(H,46,55)/b14-13+,19-18+,22-15-,45-20+. The van der Waals surface area contributed by atoms with Gasteiger partial charge in [0.25, 0.3) is 11.7 Å². The van der Waals surface area contributed by atoms with Gasteiger partial charge in [-0.2, -0.15) is 5.10 Å². The summed E-state index contributed by atoms with van der Waals surface area (Å²) in [6.45, 7) is 12.4. The summed E-state index contributed by atoms with van der Waals surface area (Å²) in [5, 5.41) is 64.4. The van der Waals surface area contributed by atoms with Crippen LogP contribution in [0.1, 0.15) is 70.0 Å². The fourth-order valence-electron chi connectivity index (χ4n) is 7.56. The van der Waals surface area contributed by atoms with Gasteiger partial charge in [0, 0.05) is 61.2 Å². The summed E-state index contributed by atoms with van der Waals surface area (Å²) >= 11 is 0. The van der Waals surface area contributed by atoms with Crippen molar-refractivity contribution in [2.45, 2.75) is 85.6 Å².